The van der Waals surface area contributed by atoms with Gasteiger partial charge in [0.2, 0.25) is 0 Å². The van der Waals surface area contributed by atoms with Gasteiger partial charge in [0.05, 0.1) is 0 Å². The Morgan fingerprint density at radius 1 is 0.286 bits per heavy atom. The summed E-state index contributed by atoms with van der Waals surface area (Å²) >= 11 is 0. The first-order valence-electron chi connectivity index (χ1n) is 25.6. The lowest BCUT2D eigenvalue weighted by Crippen LogP contribution is -2.12. The molecule has 2 unspecified atom stereocenters. The van der Waals surface area contributed by atoms with E-state index in [1.165, 1.54) is 231 Å². The van der Waals surface area contributed by atoms with E-state index in [0.29, 0.717) is 0 Å². The van der Waals surface area contributed by atoms with Crippen LogP contribution in [0.15, 0.2) is 24.3 Å². The van der Waals surface area contributed by atoms with Crippen molar-refractivity contribution in [1.29, 1.82) is 0 Å². The molecular formula is C52H112N4. The van der Waals surface area contributed by atoms with Gasteiger partial charge in [-0.05, 0) is 115 Å². The third kappa shape index (κ3) is 65.2. The van der Waals surface area contributed by atoms with Crippen molar-refractivity contribution in [3.63, 3.8) is 0 Å². The molecule has 0 aromatic rings. The van der Waals surface area contributed by atoms with Crippen LogP contribution in [0, 0.1) is 11.8 Å². The predicted octanol–water partition coefficient (Wildman–Crippen LogP) is 16.3. The molecule has 0 rings (SSSR count). The molecule has 0 fully saturated rings. The van der Waals surface area contributed by atoms with Crippen LogP contribution in [-0.4, -0.2) is 26.2 Å². The zero-order valence-electron chi connectivity index (χ0n) is 40.1. The van der Waals surface area contributed by atoms with Crippen molar-refractivity contribution in [2.75, 3.05) is 26.2 Å². The predicted molar refractivity (Wildman–Crippen MR) is 262 cm³/mol. The molecule has 0 aromatic heterocycles. The van der Waals surface area contributed by atoms with Gasteiger partial charge in [-0.1, -0.05) is 220 Å². The van der Waals surface area contributed by atoms with E-state index in [-0.39, 0.29) is 0 Å². The fraction of sp³-hybridized carbons (Fsp3) is 0.923. The smallest absolute Gasteiger partial charge is 0.00490 e. The van der Waals surface area contributed by atoms with Crippen molar-refractivity contribution >= 4 is 0 Å². The molecule has 8 N–H and O–H groups in total. The molecule has 0 heterocycles. The van der Waals surface area contributed by atoms with Crippen LogP contribution in [0.25, 0.3) is 0 Å². The molecule has 0 amide bonds. The summed E-state index contributed by atoms with van der Waals surface area (Å²) in [6.45, 7) is 16.9. The molecule has 2 atom stereocenters. The minimum atomic E-state index is 0.782. The zero-order valence-corrected chi connectivity index (χ0v) is 40.1. The summed E-state index contributed by atoms with van der Waals surface area (Å²) in [6.07, 6.45) is 58.2. The van der Waals surface area contributed by atoms with E-state index >= 15 is 0 Å². The maximum absolute atomic E-state index is 5.52. The van der Waals surface area contributed by atoms with Crippen molar-refractivity contribution in [1.82, 2.24) is 0 Å². The van der Waals surface area contributed by atoms with Gasteiger partial charge in [-0.15, -0.1) is 0 Å². The van der Waals surface area contributed by atoms with Crippen LogP contribution in [0.3, 0.4) is 0 Å². The lowest BCUT2D eigenvalue weighted by Gasteiger charge is -2.09. The highest BCUT2D eigenvalue weighted by Crippen LogP contribution is 2.13. The molecule has 0 radical (unpaired) electrons. The molecule has 56 heavy (non-hydrogen) atoms. The maximum Gasteiger partial charge on any atom is -0.00490 e. The second-order valence-corrected chi connectivity index (χ2v) is 16.8. The van der Waals surface area contributed by atoms with E-state index in [4.69, 9.17) is 22.9 Å². The first kappa shape index (κ1) is 62.0. The highest BCUT2D eigenvalue weighted by atomic mass is 14.5. The molecule has 4 nitrogen and oxygen atoms in total. The number of hydrogen-bond acceptors (Lipinski definition) is 4. The third-order valence-corrected chi connectivity index (χ3v) is 11.2. The Morgan fingerprint density at radius 3 is 0.732 bits per heavy atom. The quantitative estimate of drug-likeness (QED) is 0.0366. The fourth-order valence-corrected chi connectivity index (χ4v) is 6.75. The maximum atomic E-state index is 5.52. The highest BCUT2D eigenvalue weighted by Gasteiger charge is 2.01. The Morgan fingerprint density at radius 2 is 0.518 bits per heavy atom. The van der Waals surface area contributed by atoms with Crippen LogP contribution in [0.4, 0.5) is 0 Å². The first-order chi connectivity index (χ1) is 27.5. The Kier molecular flexibility index (Phi) is 70.3. The topological polar surface area (TPSA) is 104 Å². The summed E-state index contributed by atoms with van der Waals surface area (Å²) in [4.78, 5) is 0. The van der Waals surface area contributed by atoms with Crippen LogP contribution in [0.2, 0.25) is 0 Å². The molecule has 0 aliphatic carbocycles. The van der Waals surface area contributed by atoms with Gasteiger partial charge in [-0.2, -0.15) is 0 Å². The normalized spacial score (nSPS) is 12.2. The molecular weight excluding hydrogens is 681 g/mol. The Hall–Kier alpha value is -0.680. The molecule has 0 spiro atoms. The highest BCUT2D eigenvalue weighted by molar-refractivity contribution is 4.82. The molecule has 340 valence electrons. The minimum Gasteiger partial charge on any atom is -0.330 e. The monoisotopic (exact) mass is 793 g/mol. The van der Waals surface area contributed by atoms with Gasteiger partial charge in [0.1, 0.15) is 0 Å². The van der Waals surface area contributed by atoms with Crippen LogP contribution in [-0.2, 0) is 0 Å². The summed E-state index contributed by atoms with van der Waals surface area (Å²) in [6, 6.07) is 0. The van der Waals surface area contributed by atoms with Crippen molar-refractivity contribution in [3.05, 3.63) is 24.3 Å². The molecule has 0 aromatic carbocycles. The van der Waals surface area contributed by atoms with Crippen LogP contribution in [0.1, 0.15) is 273 Å². The van der Waals surface area contributed by atoms with Gasteiger partial charge in [0, 0.05) is 0 Å². The first-order valence-corrected chi connectivity index (χ1v) is 25.6. The van der Waals surface area contributed by atoms with E-state index in [1.54, 1.807) is 0 Å². The summed E-state index contributed by atoms with van der Waals surface area (Å²) < 4.78 is 0. The Balaban J connectivity index is -0.000000341. The zero-order chi connectivity index (χ0) is 42.3. The van der Waals surface area contributed by atoms with Gasteiger partial charge in [-0.25, -0.2) is 0 Å². The molecule has 0 aliphatic heterocycles. The third-order valence-electron chi connectivity index (χ3n) is 11.2. The number of allylic oxidation sites excluding steroid dienone is 4. The molecule has 0 bridgehead atoms. The van der Waals surface area contributed by atoms with Crippen molar-refractivity contribution in [3.8, 4) is 0 Å². The Bertz CT molecular complexity index is 599. The molecule has 4 heteroatoms. The molecule has 0 saturated carbocycles. The SMILES string of the molecule is CCCCC(CC)CN.CCCCC(CC)CN.CCCCCCCC/C=C\CCCCCCCCN.CCCCCCCC/C=C\CCCCCCCCN. The second-order valence-electron chi connectivity index (χ2n) is 16.8. The largest absolute Gasteiger partial charge is 0.330 e. The summed E-state index contributed by atoms with van der Waals surface area (Å²) in [7, 11) is 0. The van der Waals surface area contributed by atoms with Crippen molar-refractivity contribution < 1.29 is 0 Å². The number of unbranched alkanes of at least 4 members (excludes halogenated alkanes) is 26. The van der Waals surface area contributed by atoms with Crippen molar-refractivity contribution in [2.45, 2.75) is 273 Å². The summed E-state index contributed by atoms with van der Waals surface area (Å²) in [5.41, 5.74) is 22.0. The summed E-state index contributed by atoms with van der Waals surface area (Å²) in [5, 5.41) is 0. The average Bonchev–Trinajstić information content (AvgIpc) is 3.22. The number of hydrogen-bond donors (Lipinski definition) is 4. The van der Waals surface area contributed by atoms with E-state index in [2.05, 4.69) is 65.8 Å². The lowest BCUT2D eigenvalue weighted by atomic mass is 10.00. The van der Waals surface area contributed by atoms with Gasteiger partial charge in [0.25, 0.3) is 0 Å². The van der Waals surface area contributed by atoms with E-state index in [0.717, 1.165) is 38.0 Å². The lowest BCUT2D eigenvalue weighted by molar-refractivity contribution is 0.461. The fourth-order valence-electron chi connectivity index (χ4n) is 6.75. The van der Waals surface area contributed by atoms with E-state index in [9.17, 15) is 0 Å². The second kappa shape index (κ2) is 63.5. The van der Waals surface area contributed by atoms with Crippen LogP contribution in [0.5, 0.6) is 0 Å². The van der Waals surface area contributed by atoms with Crippen LogP contribution >= 0.6 is 0 Å². The Labute approximate surface area is 356 Å². The summed E-state index contributed by atoms with van der Waals surface area (Å²) in [5.74, 6) is 1.56. The number of rotatable bonds is 40. The standard InChI is InChI=1S/2C18H37N.2C8H19N/c2*1-2-3-4-5-6-7-8-9-10-11-12-13-14-15-16-17-18-19;2*1-3-5-6-8(4-2)7-9/h2*9-10H,2-8,11-19H2,1H3;2*8H,3-7,9H2,1-2H3/b2*10-9-;;. The van der Waals surface area contributed by atoms with Gasteiger partial charge < -0.3 is 22.9 Å². The average molecular weight is 793 g/mol. The van der Waals surface area contributed by atoms with E-state index in [1.807, 2.05) is 0 Å². The molecule has 0 saturated heterocycles. The van der Waals surface area contributed by atoms with E-state index < -0.39 is 0 Å². The van der Waals surface area contributed by atoms with Crippen LogP contribution < -0.4 is 22.9 Å². The molecule has 0 aliphatic rings. The van der Waals surface area contributed by atoms with Crippen molar-refractivity contribution in [2.24, 2.45) is 34.8 Å². The minimum absolute atomic E-state index is 0.782. The number of nitrogens with two attached hydrogens (primary N) is 4. The van der Waals surface area contributed by atoms with Gasteiger partial charge in [-0.3, -0.25) is 0 Å². The van der Waals surface area contributed by atoms with Gasteiger partial charge >= 0.3 is 0 Å². The van der Waals surface area contributed by atoms with Gasteiger partial charge in [0.15, 0.2) is 0 Å².